The van der Waals surface area contributed by atoms with Gasteiger partial charge < -0.3 is 15.6 Å². The molecule has 110 valence electrons. The first-order valence-electron chi connectivity index (χ1n) is 6.53. The van der Waals surface area contributed by atoms with Crippen LogP contribution in [0, 0.1) is 6.92 Å². The third-order valence-corrected chi connectivity index (χ3v) is 3.17. The van der Waals surface area contributed by atoms with Crippen LogP contribution >= 0.6 is 0 Å². The number of nitrogen functional groups attached to an aromatic ring is 1. The van der Waals surface area contributed by atoms with Gasteiger partial charge in [-0.2, -0.15) is 0 Å². The zero-order valence-electron chi connectivity index (χ0n) is 12.3. The molecule has 21 heavy (non-hydrogen) atoms. The number of nitrogens with two attached hydrogens (primary N) is 1. The Labute approximate surface area is 123 Å². The summed E-state index contributed by atoms with van der Waals surface area (Å²) in [6.45, 7) is 2.03. The van der Waals surface area contributed by atoms with Crippen LogP contribution in [0.3, 0.4) is 0 Å². The maximum atomic E-state index is 12.3. The molecular formula is C15H19N5O. The number of hydrazine groups is 1. The zero-order valence-corrected chi connectivity index (χ0v) is 12.3. The number of aryl methyl sites for hydroxylation is 1. The van der Waals surface area contributed by atoms with Gasteiger partial charge in [0.25, 0.3) is 5.91 Å². The normalized spacial score (nSPS) is 10.1. The predicted molar refractivity (Wildman–Crippen MR) is 85.5 cm³/mol. The summed E-state index contributed by atoms with van der Waals surface area (Å²) < 4.78 is 0. The number of pyridine rings is 1. The molecule has 0 saturated carbocycles. The van der Waals surface area contributed by atoms with Gasteiger partial charge in [0, 0.05) is 31.7 Å². The van der Waals surface area contributed by atoms with Gasteiger partial charge in [0.05, 0.1) is 17.4 Å². The average Bonchev–Trinajstić information content (AvgIpc) is 2.48. The Morgan fingerprint density at radius 3 is 2.71 bits per heavy atom. The van der Waals surface area contributed by atoms with Crippen LogP contribution < -0.4 is 21.5 Å². The van der Waals surface area contributed by atoms with E-state index in [0.29, 0.717) is 11.3 Å². The molecule has 0 unspecified atom stereocenters. The molecule has 0 saturated heterocycles. The van der Waals surface area contributed by atoms with Gasteiger partial charge in [-0.15, -0.1) is 0 Å². The van der Waals surface area contributed by atoms with Gasteiger partial charge in [-0.05, 0) is 30.7 Å². The van der Waals surface area contributed by atoms with Crippen LogP contribution in [-0.2, 0) is 0 Å². The minimum absolute atomic E-state index is 0.237. The lowest BCUT2D eigenvalue weighted by atomic mass is 10.1. The van der Waals surface area contributed by atoms with Crippen molar-refractivity contribution in [1.82, 2.24) is 4.98 Å². The highest BCUT2D eigenvalue weighted by molar-refractivity contribution is 6.08. The van der Waals surface area contributed by atoms with Crippen LogP contribution in [0.2, 0.25) is 0 Å². The number of rotatable bonds is 4. The molecule has 0 aliphatic heterocycles. The number of nitrogens with zero attached hydrogens (tertiary/aromatic N) is 2. The molecule has 1 aromatic heterocycles. The van der Waals surface area contributed by atoms with Crippen molar-refractivity contribution in [3.63, 3.8) is 0 Å². The standard InChI is InChI=1S/C15H19N5O/c1-10-4-5-11(8-14(10)20(2)3)18-15(21)12-6-7-17-9-13(12)19-16/h4-9,19H,16H2,1-3H3,(H,18,21). The summed E-state index contributed by atoms with van der Waals surface area (Å²) in [6.07, 6.45) is 3.06. The maximum Gasteiger partial charge on any atom is 0.257 e. The second-order valence-corrected chi connectivity index (χ2v) is 4.92. The highest BCUT2D eigenvalue weighted by Gasteiger charge is 2.12. The van der Waals surface area contributed by atoms with E-state index in [9.17, 15) is 4.79 Å². The number of anilines is 3. The third kappa shape index (κ3) is 3.29. The van der Waals surface area contributed by atoms with Gasteiger partial charge in [0.1, 0.15) is 0 Å². The Hall–Kier alpha value is -2.60. The Kier molecular flexibility index (Phi) is 4.39. The van der Waals surface area contributed by atoms with Gasteiger partial charge in [0.2, 0.25) is 0 Å². The van der Waals surface area contributed by atoms with Gasteiger partial charge in [-0.3, -0.25) is 15.6 Å². The molecule has 0 spiro atoms. The molecule has 0 fully saturated rings. The number of amides is 1. The molecule has 1 amide bonds. The van der Waals surface area contributed by atoms with Gasteiger partial charge in [0.15, 0.2) is 0 Å². The van der Waals surface area contributed by atoms with Gasteiger partial charge in [-0.25, -0.2) is 0 Å². The molecule has 2 aromatic rings. The largest absolute Gasteiger partial charge is 0.377 e. The van der Waals surface area contributed by atoms with Crippen LogP contribution in [0.1, 0.15) is 15.9 Å². The van der Waals surface area contributed by atoms with E-state index in [1.165, 1.54) is 6.20 Å². The van der Waals surface area contributed by atoms with Crippen molar-refractivity contribution in [3.8, 4) is 0 Å². The smallest absolute Gasteiger partial charge is 0.257 e. The molecule has 2 rings (SSSR count). The summed E-state index contributed by atoms with van der Waals surface area (Å²) >= 11 is 0. The second kappa shape index (κ2) is 6.23. The van der Waals surface area contributed by atoms with E-state index in [2.05, 4.69) is 15.7 Å². The lowest BCUT2D eigenvalue weighted by molar-refractivity contribution is 0.102. The third-order valence-electron chi connectivity index (χ3n) is 3.17. The van der Waals surface area contributed by atoms with Crippen molar-refractivity contribution in [2.45, 2.75) is 6.92 Å². The molecule has 6 heteroatoms. The Balaban J connectivity index is 2.26. The van der Waals surface area contributed by atoms with E-state index in [1.807, 2.05) is 44.1 Å². The number of carbonyl (C=O) groups is 1. The summed E-state index contributed by atoms with van der Waals surface area (Å²) in [5.41, 5.74) is 6.33. The predicted octanol–water partition coefficient (Wildman–Crippen LogP) is 1.99. The van der Waals surface area contributed by atoms with Crippen molar-refractivity contribution in [2.24, 2.45) is 5.84 Å². The van der Waals surface area contributed by atoms with Crippen LogP contribution in [0.25, 0.3) is 0 Å². The van der Waals surface area contributed by atoms with Crippen molar-refractivity contribution in [3.05, 3.63) is 47.8 Å². The first-order valence-corrected chi connectivity index (χ1v) is 6.53. The Bertz CT molecular complexity index is 654. The highest BCUT2D eigenvalue weighted by atomic mass is 16.1. The molecule has 0 atom stereocenters. The molecule has 1 heterocycles. The number of carbonyl (C=O) groups excluding carboxylic acids is 1. The average molecular weight is 285 g/mol. The monoisotopic (exact) mass is 285 g/mol. The van der Waals surface area contributed by atoms with Crippen molar-refractivity contribution >= 4 is 23.0 Å². The van der Waals surface area contributed by atoms with Crippen LogP contribution in [0.5, 0.6) is 0 Å². The second-order valence-electron chi connectivity index (χ2n) is 4.92. The van der Waals surface area contributed by atoms with Crippen LogP contribution in [0.4, 0.5) is 17.1 Å². The van der Waals surface area contributed by atoms with E-state index in [0.717, 1.165) is 16.9 Å². The molecule has 0 aliphatic rings. The Morgan fingerprint density at radius 1 is 1.29 bits per heavy atom. The molecular weight excluding hydrogens is 266 g/mol. The van der Waals surface area contributed by atoms with Crippen molar-refractivity contribution in [1.29, 1.82) is 0 Å². The number of hydrogen-bond donors (Lipinski definition) is 3. The molecule has 6 nitrogen and oxygen atoms in total. The number of benzene rings is 1. The summed E-state index contributed by atoms with van der Waals surface area (Å²) in [4.78, 5) is 18.2. The lowest BCUT2D eigenvalue weighted by Gasteiger charge is -2.17. The maximum absolute atomic E-state index is 12.3. The SMILES string of the molecule is Cc1ccc(NC(=O)c2ccncc2NN)cc1N(C)C. The molecule has 0 radical (unpaired) electrons. The fourth-order valence-corrected chi connectivity index (χ4v) is 2.07. The van der Waals surface area contributed by atoms with E-state index in [-0.39, 0.29) is 5.91 Å². The number of hydrogen-bond acceptors (Lipinski definition) is 5. The highest BCUT2D eigenvalue weighted by Crippen LogP contribution is 2.23. The molecule has 4 N–H and O–H groups in total. The fraction of sp³-hybridized carbons (Fsp3) is 0.200. The summed E-state index contributed by atoms with van der Waals surface area (Å²) in [5, 5.41) is 2.87. The number of aromatic nitrogens is 1. The number of nitrogens with one attached hydrogen (secondary N) is 2. The van der Waals surface area contributed by atoms with Gasteiger partial charge >= 0.3 is 0 Å². The summed E-state index contributed by atoms with van der Waals surface area (Å²) in [6, 6.07) is 7.39. The molecule has 0 aliphatic carbocycles. The fourth-order valence-electron chi connectivity index (χ4n) is 2.07. The van der Waals surface area contributed by atoms with E-state index in [4.69, 9.17) is 5.84 Å². The Morgan fingerprint density at radius 2 is 2.05 bits per heavy atom. The minimum Gasteiger partial charge on any atom is -0.377 e. The van der Waals surface area contributed by atoms with Crippen LogP contribution in [0.15, 0.2) is 36.7 Å². The van der Waals surface area contributed by atoms with Crippen molar-refractivity contribution < 1.29 is 4.79 Å². The lowest BCUT2D eigenvalue weighted by Crippen LogP contribution is -2.18. The van der Waals surface area contributed by atoms with Gasteiger partial charge in [-0.1, -0.05) is 6.07 Å². The first kappa shape index (κ1) is 14.8. The van der Waals surface area contributed by atoms with E-state index >= 15 is 0 Å². The minimum atomic E-state index is -0.237. The first-order chi connectivity index (χ1) is 10.0. The summed E-state index contributed by atoms with van der Waals surface area (Å²) in [7, 11) is 3.93. The quantitative estimate of drug-likeness (QED) is 0.591. The van der Waals surface area contributed by atoms with E-state index in [1.54, 1.807) is 12.3 Å². The zero-order chi connectivity index (χ0) is 15.4. The molecule has 0 bridgehead atoms. The topological polar surface area (TPSA) is 83.3 Å². The van der Waals surface area contributed by atoms with E-state index < -0.39 is 0 Å². The summed E-state index contributed by atoms with van der Waals surface area (Å²) in [5.74, 6) is 5.15. The molecule has 1 aromatic carbocycles. The van der Waals surface area contributed by atoms with Crippen LogP contribution in [-0.4, -0.2) is 25.0 Å². The van der Waals surface area contributed by atoms with Crippen molar-refractivity contribution in [2.75, 3.05) is 29.7 Å².